The molecule has 0 aliphatic carbocycles. The van der Waals surface area contributed by atoms with Gasteiger partial charge in [-0.25, -0.2) is 13.5 Å². The minimum absolute atomic E-state index is 0.438. The summed E-state index contributed by atoms with van der Waals surface area (Å²) >= 11 is 7.06. The van der Waals surface area contributed by atoms with Crippen LogP contribution in [0.2, 0.25) is 4.47 Å². The van der Waals surface area contributed by atoms with Gasteiger partial charge in [-0.3, -0.25) is 0 Å². The molecule has 0 spiro atoms. The number of nitrogens with zero attached hydrogens (tertiary/aromatic N) is 4. The molecule has 0 saturated carbocycles. The molecular formula is C8H9ClN4OS2. The lowest BCUT2D eigenvalue weighted by Crippen LogP contribution is -2.25. The van der Waals surface area contributed by atoms with Crippen molar-refractivity contribution < 1.29 is 4.21 Å². The molecule has 1 saturated heterocycles. The molecular weight excluding hydrogens is 268 g/mol. The fraction of sp³-hybridized carbons (Fsp3) is 0.500. The van der Waals surface area contributed by atoms with E-state index >= 15 is 0 Å². The lowest BCUT2D eigenvalue weighted by molar-refractivity contribution is 0.461. The Hall–Kier alpha value is -0.680. The fourth-order valence-corrected chi connectivity index (χ4v) is 4.20. The Morgan fingerprint density at radius 2 is 2.62 bits per heavy atom. The van der Waals surface area contributed by atoms with E-state index in [1.807, 2.05) is 5.38 Å². The quantitative estimate of drug-likeness (QED) is 0.774. The van der Waals surface area contributed by atoms with E-state index < -0.39 is 9.92 Å². The predicted octanol–water partition coefficient (Wildman–Crippen LogP) is 1.87. The van der Waals surface area contributed by atoms with Gasteiger partial charge in [0.25, 0.3) is 0 Å². The number of hydrogen-bond donors (Lipinski definition) is 0. The van der Waals surface area contributed by atoms with Crippen molar-refractivity contribution in [2.75, 3.05) is 12.3 Å². The molecule has 1 atom stereocenters. The average Bonchev–Trinajstić information content (AvgIpc) is 2.77. The van der Waals surface area contributed by atoms with Gasteiger partial charge in [0.15, 0.2) is 4.47 Å². The monoisotopic (exact) mass is 276 g/mol. The summed E-state index contributed by atoms with van der Waals surface area (Å²) in [6.07, 6.45) is 2.43. The highest BCUT2D eigenvalue weighted by Gasteiger charge is 2.27. The normalized spacial score (nSPS) is 25.5. The summed E-state index contributed by atoms with van der Waals surface area (Å²) in [6, 6.07) is 0. The Morgan fingerprint density at radius 1 is 1.81 bits per heavy atom. The number of aromatic nitrogens is 1. The third kappa shape index (κ3) is 2.35. The van der Waals surface area contributed by atoms with Crippen LogP contribution < -0.4 is 0 Å². The first kappa shape index (κ1) is 11.8. The molecule has 0 radical (unpaired) electrons. The number of nitriles is 1. The number of hydrogen-bond acceptors (Lipinski definition) is 5. The molecule has 1 fully saturated rings. The maximum Gasteiger partial charge on any atom is 0.215 e. The molecule has 16 heavy (non-hydrogen) atoms. The molecule has 0 amide bonds. The van der Waals surface area contributed by atoms with Gasteiger partial charge in [-0.15, -0.1) is 15.7 Å². The topological polar surface area (TPSA) is 69.3 Å². The van der Waals surface area contributed by atoms with Crippen LogP contribution in [0.5, 0.6) is 0 Å². The molecule has 2 heterocycles. The highest BCUT2D eigenvalue weighted by molar-refractivity contribution is 7.91. The van der Waals surface area contributed by atoms with E-state index in [0.717, 1.165) is 12.1 Å². The summed E-state index contributed by atoms with van der Waals surface area (Å²) in [5.74, 6) is 0.457. The maximum absolute atomic E-state index is 12.2. The number of rotatable bonds is 2. The number of halogens is 1. The molecule has 1 aliphatic rings. The second-order valence-electron chi connectivity index (χ2n) is 3.31. The molecule has 0 aromatic carbocycles. The van der Waals surface area contributed by atoms with E-state index in [4.69, 9.17) is 16.9 Å². The smallest absolute Gasteiger partial charge is 0.215 e. The Labute approximate surface area is 103 Å². The van der Waals surface area contributed by atoms with E-state index in [2.05, 4.69) is 9.35 Å². The third-order valence-electron chi connectivity index (χ3n) is 2.27. The van der Waals surface area contributed by atoms with Crippen molar-refractivity contribution in [2.45, 2.75) is 13.0 Å². The van der Waals surface area contributed by atoms with Crippen molar-refractivity contribution in [3.05, 3.63) is 15.5 Å². The zero-order valence-electron chi connectivity index (χ0n) is 8.30. The van der Waals surface area contributed by atoms with Crippen molar-refractivity contribution in [1.29, 1.82) is 5.26 Å². The lowest BCUT2D eigenvalue weighted by Gasteiger charge is -2.15. The van der Waals surface area contributed by atoms with Gasteiger partial charge >= 0.3 is 0 Å². The Morgan fingerprint density at radius 3 is 3.25 bits per heavy atom. The number of thiazole rings is 1. The zero-order chi connectivity index (χ0) is 11.6. The molecule has 1 aliphatic heterocycles. The highest BCUT2D eigenvalue weighted by Crippen LogP contribution is 2.22. The molecule has 1 aromatic rings. The lowest BCUT2D eigenvalue weighted by atomic mass is 10.4. The summed E-state index contributed by atoms with van der Waals surface area (Å²) in [5, 5.41) is 10.3. The molecule has 1 unspecified atom stereocenters. The molecule has 86 valence electrons. The summed E-state index contributed by atoms with van der Waals surface area (Å²) in [5.41, 5.74) is 0.776. The first-order valence-corrected chi connectivity index (χ1v) is 7.52. The second kappa shape index (κ2) is 4.67. The minimum atomic E-state index is -2.51. The van der Waals surface area contributed by atoms with Crippen molar-refractivity contribution in [2.24, 2.45) is 4.36 Å². The van der Waals surface area contributed by atoms with Gasteiger partial charge in [0.2, 0.25) is 6.19 Å². The molecule has 1 aromatic heterocycles. The van der Waals surface area contributed by atoms with Crippen LogP contribution in [-0.4, -0.2) is 25.8 Å². The zero-order valence-corrected chi connectivity index (χ0v) is 10.7. The molecule has 8 heteroatoms. The van der Waals surface area contributed by atoms with Crippen LogP contribution in [0.25, 0.3) is 0 Å². The standard InChI is InChI=1S/C8H9ClN4OS2/c9-8-12-7(5-15-8)4-13-2-1-3-16(13,14)11-6-10/h5H,1-4H2. The van der Waals surface area contributed by atoms with Gasteiger partial charge < -0.3 is 0 Å². The van der Waals surface area contributed by atoms with Gasteiger partial charge in [0.05, 0.1) is 12.2 Å². The second-order valence-corrected chi connectivity index (χ2v) is 7.07. The van der Waals surface area contributed by atoms with Crippen molar-refractivity contribution in [1.82, 2.24) is 9.29 Å². The van der Waals surface area contributed by atoms with Gasteiger partial charge in [0.1, 0.15) is 9.92 Å². The van der Waals surface area contributed by atoms with E-state index in [-0.39, 0.29) is 0 Å². The van der Waals surface area contributed by atoms with Crippen LogP contribution in [-0.2, 0) is 16.5 Å². The van der Waals surface area contributed by atoms with E-state index in [0.29, 0.717) is 23.3 Å². The highest BCUT2D eigenvalue weighted by atomic mass is 35.5. The van der Waals surface area contributed by atoms with E-state index in [1.165, 1.54) is 11.3 Å². The molecule has 0 N–H and O–H groups in total. The van der Waals surface area contributed by atoms with Gasteiger partial charge in [-0.1, -0.05) is 11.6 Å². The van der Waals surface area contributed by atoms with E-state index in [9.17, 15) is 4.21 Å². The van der Waals surface area contributed by atoms with Crippen molar-refractivity contribution >= 4 is 32.9 Å². The maximum atomic E-state index is 12.2. The van der Waals surface area contributed by atoms with Crippen LogP contribution in [0.15, 0.2) is 9.74 Å². The summed E-state index contributed by atoms with van der Waals surface area (Å²) in [4.78, 5) is 4.09. The Balaban J connectivity index is 2.20. The van der Waals surface area contributed by atoms with Crippen LogP contribution in [0.3, 0.4) is 0 Å². The predicted molar refractivity (Wildman–Crippen MR) is 63.2 cm³/mol. The SMILES string of the molecule is N#CN=S1(=O)CCCN1Cc1csc(Cl)n1. The van der Waals surface area contributed by atoms with E-state index in [1.54, 1.807) is 10.5 Å². The van der Waals surface area contributed by atoms with Gasteiger partial charge in [0, 0.05) is 17.7 Å². The first-order valence-electron chi connectivity index (χ1n) is 4.62. The van der Waals surface area contributed by atoms with Gasteiger partial charge in [-0.2, -0.15) is 5.26 Å². The van der Waals surface area contributed by atoms with Crippen molar-refractivity contribution in [3.8, 4) is 6.19 Å². The van der Waals surface area contributed by atoms with Gasteiger partial charge in [-0.05, 0) is 6.42 Å². The Bertz CT molecular complexity index is 540. The van der Waals surface area contributed by atoms with Crippen LogP contribution in [0, 0.1) is 11.5 Å². The largest absolute Gasteiger partial charge is 0.233 e. The Kier molecular flexibility index (Phi) is 3.44. The summed E-state index contributed by atoms with van der Waals surface area (Å²) in [6.45, 7) is 1.12. The molecule has 2 rings (SSSR count). The molecule has 5 nitrogen and oxygen atoms in total. The third-order valence-corrected chi connectivity index (χ3v) is 5.60. The average molecular weight is 277 g/mol. The molecule has 0 bridgehead atoms. The van der Waals surface area contributed by atoms with Crippen LogP contribution >= 0.6 is 22.9 Å². The summed E-state index contributed by atoms with van der Waals surface area (Å²) in [7, 11) is -2.51. The fourth-order valence-electron chi connectivity index (χ4n) is 1.58. The van der Waals surface area contributed by atoms with Crippen molar-refractivity contribution in [3.63, 3.8) is 0 Å². The van der Waals surface area contributed by atoms with Crippen LogP contribution in [0.1, 0.15) is 12.1 Å². The van der Waals surface area contributed by atoms with Crippen LogP contribution in [0.4, 0.5) is 0 Å². The summed E-state index contributed by atoms with van der Waals surface area (Å²) < 4.78 is 17.9. The first-order chi connectivity index (χ1) is 7.64. The minimum Gasteiger partial charge on any atom is -0.233 e.